The molecule has 0 saturated carbocycles. The molecule has 1 atom stereocenters. The fourth-order valence-corrected chi connectivity index (χ4v) is 1.28. The van der Waals surface area contributed by atoms with Crippen molar-refractivity contribution < 1.29 is 19.1 Å². The lowest BCUT2D eigenvalue weighted by Gasteiger charge is -2.06. The van der Waals surface area contributed by atoms with Crippen LogP contribution in [0.5, 0.6) is 0 Å². The van der Waals surface area contributed by atoms with Crippen LogP contribution in [0.1, 0.15) is 52.4 Å². The summed E-state index contributed by atoms with van der Waals surface area (Å²) in [7, 11) is 0. The van der Waals surface area contributed by atoms with Crippen LogP contribution in [-0.2, 0) is 19.1 Å². The van der Waals surface area contributed by atoms with Crippen molar-refractivity contribution in [1.29, 1.82) is 0 Å². The highest BCUT2D eigenvalue weighted by Gasteiger charge is 2.07. The van der Waals surface area contributed by atoms with Gasteiger partial charge in [0.15, 0.2) is 0 Å². The first-order valence-electron chi connectivity index (χ1n) is 6.51. The maximum absolute atomic E-state index is 11.2. The monoisotopic (exact) mass is 278 g/mol. The molecule has 0 bridgehead atoms. The fraction of sp³-hybridized carbons (Fsp3) is 0.846. The van der Waals surface area contributed by atoms with E-state index in [2.05, 4.69) is 0 Å². The van der Waals surface area contributed by atoms with Gasteiger partial charge in [0.25, 0.3) is 0 Å². The summed E-state index contributed by atoms with van der Waals surface area (Å²) in [5.74, 6) is -0.451. The number of ether oxygens (including phenoxy) is 2. The molecule has 5 heteroatoms. The summed E-state index contributed by atoms with van der Waals surface area (Å²) in [6.07, 6.45) is 3.89. The van der Waals surface area contributed by atoms with Crippen molar-refractivity contribution in [2.45, 2.75) is 57.7 Å². The number of unbranched alkanes of at least 4 members (excludes halogenated alkanes) is 2. The zero-order valence-electron chi connectivity index (χ0n) is 11.2. The first-order valence-corrected chi connectivity index (χ1v) is 6.95. The highest BCUT2D eigenvalue weighted by Crippen LogP contribution is 2.04. The second-order valence-electron chi connectivity index (χ2n) is 4.24. The van der Waals surface area contributed by atoms with E-state index in [1.807, 2.05) is 6.92 Å². The zero-order valence-corrected chi connectivity index (χ0v) is 12.0. The van der Waals surface area contributed by atoms with Gasteiger partial charge in [-0.05, 0) is 26.2 Å². The number of esters is 2. The molecule has 0 spiro atoms. The second-order valence-corrected chi connectivity index (χ2v) is 4.99. The third-order valence-corrected chi connectivity index (χ3v) is 2.37. The van der Waals surface area contributed by atoms with Crippen LogP contribution in [0.4, 0.5) is 0 Å². The number of hydrogen-bond acceptors (Lipinski definition) is 4. The molecular weight excluding hydrogens is 256 g/mol. The Hall–Kier alpha value is -0.770. The van der Waals surface area contributed by atoms with Crippen molar-refractivity contribution in [3.05, 3.63) is 0 Å². The van der Waals surface area contributed by atoms with Gasteiger partial charge in [0.1, 0.15) is 6.61 Å². The van der Waals surface area contributed by atoms with E-state index < -0.39 is 0 Å². The Bertz CT molecular complexity index is 241. The van der Waals surface area contributed by atoms with E-state index >= 15 is 0 Å². The molecule has 0 fully saturated rings. The number of hydrogen-bond donors (Lipinski definition) is 0. The van der Waals surface area contributed by atoms with E-state index in [1.54, 1.807) is 6.92 Å². The summed E-state index contributed by atoms with van der Waals surface area (Å²) in [5.41, 5.74) is 0. The van der Waals surface area contributed by atoms with E-state index in [-0.39, 0.29) is 23.9 Å². The third kappa shape index (κ3) is 11.7. The van der Waals surface area contributed by atoms with Crippen LogP contribution in [0.15, 0.2) is 0 Å². The van der Waals surface area contributed by atoms with Crippen LogP contribution < -0.4 is 0 Å². The second kappa shape index (κ2) is 11.3. The standard InChI is InChI=1S/C13H23ClO4/c1-3-4-9-17-12(15)7-5-6-8-13(16)18-10-11(2)14/h11H,3-10H2,1-2H3. The Morgan fingerprint density at radius 3 is 2.11 bits per heavy atom. The number of carbonyl (C=O) groups excluding carboxylic acids is 2. The Kier molecular flexibility index (Phi) is 10.8. The summed E-state index contributed by atoms with van der Waals surface area (Å²) < 4.78 is 9.90. The Labute approximate surface area is 114 Å². The van der Waals surface area contributed by atoms with Crippen molar-refractivity contribution in [3.8, 4) is 0 Å². The van der Waals surface area contributed by atoms with Crippen molar-refractivity contribution in [1.82, 2.24) is 0 Å². The topological polar surface area (TPSA) is 52.6 Å². The van der Waals surface area contributed by atoms with Crippen molar-refractivity contribution in [3.63, 3.8) is 0 Å². The average molecular weight is 279 g/mol. The smallest absolute Gasteiger partial charge is 0.305 e. The minimum Gasteiger partial charge on any atom is -0.466 e. The first-order chi connectivity index (χ1) is 8.56. The molecule has 0 aromatic rings. The highest BCUT2D eigenvalue weighted by molar-refractivity contribution is 6.20. The SMILES string of the molecule is CCCCOC(=O)CCCCC(=O)OCC(C)Cl. The van der Waals surface area contributed by atoms with E-state index in [4.69, 9.17) is 21.1 Å². The van der Waals surface area contributed by atoms with E-state index in [0.717, 1.165) is 12.8 Å². The number of alkyl halides is 1. The van der Waals surface area contributed by atoms with Gasteiger partial charge in [0.05, 0.1) is 12.0 Å². The van der Waals surface area contributed by atoms with Crippen LogP contribution in [-0.4, -0.2) is 30.5 Å². The quantitative estimate of drug-likeness (QED) is 0.350. The molecule has 0 aliphatic heterocycles. The van der Waals surface area contributed by atoms with Gasteiger partial charge < -0.3 is 9.47 Å². The Morgan fingerprint density at radius 2 is 1.61 bits per heavy atom. The lowest BCUT2D eigenvalue weighted by molar-refractivity contribution is -0.145. The molecule has 1 unspecified atom stereocenters. The summed E-state index contributed by atoms with van der Waals surface area (Å²) in [6, 6.07) is 0. The molecule has 0 rings (SSSR count). The normalized spacial score (nSPS) is 11.9. The van der Waals surface area contributed by atoms with Crippen LogP contribution in [0.25, 0.3) is 0 Å². The fourth-order valence-electron chi connectivity index (χ4n) is 1.22. The van der Waals surface area contributed by atoms with Gasteiger partial charge in [-0.15, -0.1) is 11.6 Å². The molecule has 0 amide bonds. The maximum Gasteiger partial charge on any atom is 0.305 e. The van der Waals surface area contributed by atoms with Gasteiger partial charge in [-0.2, -0.15) is 0 Å². The Morgan fingerprint density at radius 1 is 1.06 bits per heavy atom. The number of rotatable bonds is 10. The number of carbonyl (C=O) groups is 2. The molecule has 0 aromatic heterocycles. The lowest BCUT2D eigenvalue weighted by Crippen LogP contribution is -2.11. The molecule has 4 nitrogen and oxygen atoms in total. The first kappa shape index (κ1) is 17.2. The molecule has 0 radical (unpaired) electrons. The number of halogens is 1. The summed E-state index contributed by atoms with van der Waals surface area (Å²) in [6.45, 7) is 4.53. The summed E-state index contributed by atoms with van der Waals surface area (Å²) in [5, 5.41) is -0.164. The summed E-state index contributed by atoms with van der Waals surface area (Å²) in [4.78, 5) is 22.4. The molecule has 0 saturated heterocycles. The molecule has 106 valence electrons. The van der Waals surface area contributed by atoms with Gasteiger partial charge in [-0.3, -0.25) is 9.59 Å². The molecular formula is C13H23ClO4. The van der Waals surface area contributed by atoms with Crippen molar-refractivity contribution in [2.75, 3.05) is 13.2 Å². The van der Waals surface area contributed by atoms with Crippen LogP contribution >= 0.6 is 11.6 Å². The largest absolute Gasteiger partial charge is 0.466 e. The van der Waals surface area contributed by atoms with Gasteiger partial charge in [0.2, 0.25) is 0 Å². The van der Waals surface area contributed by atoms with Crippen LogP contribution in [0.3, 0.4) is 0 Å². The minimum atomic E-state index is -0.262. The minimum absolute atomic E-state index is 0.164. The Balaban J connectivity index is 3.38. The van der Waals surface area contributed by atoms with E-state index in [0.29, 0.717) is 32.3 Å². The van der Waals surface area contributed by atoms with Crippen molar-refractivity contribution in [2.24, 2.45) is 0 Å². The molecule has 0 N–H and O–H groups in total. The van der Waals surface area contributed by atoms with E-state index in [9.17, 15) is 9.59 Å². The summed E-state index contributed by atoms with van der Waals surface area (Å²) >= 11 is 5.65. The molecule has 18 heavy (non-hydrogen) atoms. The molecule has 0 aliphatic rings. The molecule has 0 aliphatic carbocycles. The average Bonchev–Trinajstić information content (AvgIpc) is 2.32. The van der Waals surface area contributed by atoms with Gasteiger partial charge in [-0.1, -0.05) is 13.3 Å². The predicted octanol–water partition coefficient (Wildman–Crippen LogP) is 3.06. The third-order valence-electron chi connectivity index (χ3n) is 2.25. The predicted molar refractivity (Wildman–Crippen MR) is 70.6 cm³/mol. The maximum atomic E-state index is 11.2. The lowest BCUT2D eigenvalue weighted by atomic mass is 10.2. The highest BCUT2D eigenvalue weighted by atomic mass is 35.5. The van der Waals surface area contributed by atoms with Gasteiger partial charge in [0, 0.05) is 12.8 Å². The van der Waals surface area contributed by atoms with Gasteiger partial charge >= 0.3 is 11.9 Å². The van der Waals surface area contributed by atoms with Gasteiger partial charge in [-0.25, -0.2) is 0 Å². The molecule has 0 aromatic carbocycles. The van der Waals surface area contributed by atoms with Crippen LogP contribution in [0, 0.1) is 0 Å². The van der Waals surface area contributed by atoms with Crippen LogP contribution in [0.2, 0.25) is 0 Å². The molecule has 0 heterocycles. The van der Waals surface area contributed by atoms with E-state index in [1.165, 1.54) is 0 Å². The van der Waals surface area contributed by atoms with Crippen molar-refractivity contribution >= 4 is 23.5 Å². The zero-order chi connectivity index (χ0) is 13.8.